The topological polar surface area (TPSA) is 59.1 Å². The van der Waals surface area contributed by atoms with Crippen molar-refractivity contribution in [1.29, 1.82) is 0 Å². The van der Waals surface area contributed by atoms with E-state index in [0.717, 1.165) is 16.5 Å². The minimum atomic E-state index is -0.0163. The number of aromatic nitrogens is 2. The number of pyridine rings is 1. The maximum Gasteiger partial charge on any atom is 0.120 e. The molecule has 25 heavy (non-hydrogen) atoms. The van der Waals surface area contributed by atoms with Crippen LogP contribution in [-0.4, -0.2) is 22.6 Å². The van der Waals surface area contributed by atoms with Gasteiger partial charge in [-0.15, -0.1) is 0 Å². The molecule has 2 aromatic heterocycles. The van der Waals surface area contributed by atoms with Gasteiger partial charge < -0.3 is 15.3 Å². The molecule has 0 saturated heterocycles. The number of nitrogens with zero attached hydrogens (tertiary/aromatic N) is 2. The highest BCUT2D eigenvalue weighted by Crippen LogP contribution is 2.25. The van der Waals surface area contributed by atoms with Gasteiger partial charge in [-0.3, -0.25) is 4.99 Å². The van der Waals surface area contributed by atoms with Crippen LogP contribution in [0.4, 0.5) is 0 Å². The van der Waals surface area contributed by atoms with Gasteiger partial charge in [0.15, 0.2) is 0 Å². The molecule has 0 fully saturated rings. The van der Waals surface area contributed by atoms with Crippen LogP contribution in [0.15, 0.2) is 53.5 Å². The van der Waals surface area contributed by atoms with Crippen LogP contribution in [0.1, 0.15) is 13.8 Å². The molecule has 4 nitrogen and oxygen atoms in total. The molecule has 2 heterocycles. The van der Waals surface area contributed by atoms with Gasteiger partial charge in [-0.25, -0.2) is 0 Å². The number of hydrogen-bond donors (Lipinski definition) is 2. The molecular weight excluding hydrogens is 308 g/mol. The third kappa shape index (κ3) is 2.53. The van der Waals surface area contributed by atoms with Crippen molar-refractivity contribution >= 4 is 32.8 Å². The molecule has 128 valence electrons. The van der Waals surface area contributed by atoms with Gasteiger partial charge in [0.1, 0.15) is 5.65 Å². The van der Waals surface area contributed by atoms with Gasteiger partial charge in [-0.05, 0) is 24.1 Å². The summed E-state index contributed by atoms with van der Waals surface area (Å²) >= 11 is 0. The van der Waals surface area contributed by atoms with Gasteiger partial charge in [0.2, 0.25) is 0 Å². The summed E-state index contributed by atoms with van der Waals surface area (Å²) in [6.07, 6.45) is 0. The molecule has 0 atom stereocenters. The first-order chi connectivity index (χ1) is 12.0. The summed E-state index contributed by atoms with van der Waals surface area (Å²) in [5.41, 5.74) is 9.31. The lowest BCUT2D eigenvalue weighted by Crippen LogP contribution is -2.27. The summed E-state index contributed by atoms with van der Waals surface area (Å²) in [5, 5.41) is 4.63. The lowest BCUT2D eigenvalue weighted by atomic mass is 9.94. The highest BCUT2D eigenvalue weighted by atomic mass is 15.0. The fraction of sp³-hybridized carbons (Fsp3) is 0.286. The molecule has 0 radical (unpaired) electrons. The van der Waals surface area contributed by atoms with E-state index in [1.165, 1.54) is 21.7 Å². The van der Waals surface area contributed by atoms with Gasteiger partial charge in [0.25, 0.3) is 0 Å². The highest BCUT2D eigenvalue weighted by Gasteiger charge is 2.16. The van der Waals surface area contributed by atoms with E-state index in [1.807, 2.05) is 0 Å². The molecule has 0 saturated carbocycles. The molecule has 0 amide bonds. The molecule has 2 aromatic carbocycles. The Kier molecular flexibility index (Phi) is 3.65. The highest BCUT2D eigenvalue weighted by molar-refractivity contribution is 6.09. The van der Waals surface area contributed by atoms with Crippen molar-refractivity contribution in [3.63, 3.8) is 0 Å². The number of fused-ring (bicyclic) bond motifs is 4. The fourth-order valence-electron chi connectivity index (χ4n) is 3.36. The molecule has 0 bridgehead atoms. The number of hydrogen-bond acceptors (Lipinski definition) is 2. The smallest absolute Gasteiger partial charge is 0.120 e. The minimum absolute atomic E-state index is 0.0163. The zero-order valence-electron chi connectivity index (χ0n) is 15.0. The SMILES string of the molecule is Cn1c2ccccc2c(=NCC(C)(C)CN)c2c3ccccc3[nH]c21. The zero-order valence-corrected chi connectivity index (χ0v) is 15.0. The van der Waals surface area contributed by atoms with Crippen molar-refractivity contribution in [2.24, 2.45) is 23.2 Å². The second-order valence-corrected chi connectivity index (χ2v) is 7.50. The minimum Gasteiger partial charge on any atom is -0.341 e. The van der Waals surface area contributed by atoms with Crippen molar-refractivity contribution in [3.05, 3.63) is 53.9 Å². The molecule has 0 spiro atoms. The van der Waals surface area contributed by atoms with Crippen molar-refractivity contribution < 1.29 is 0 Å². The number of nitrogens with two attached hydrogens (primary N) is 1. The molecule has 4 heteroatoms. The lowest BCUT2D eigenvalue weighted by molar-refractivity contribution is 0.391. The Bertz CT molecular complexity index is 1150. The number of aromatic amines is 1. The molecule has 0 unspecified atom stereocenters. The fourth-order valence-corrected chi connectivity index (χ4v) is 3.36. The number of para-hydroxylation sites is 2. The van der Waals surface area contributed by atoms with Crippen LogP contribution in [0.5, 0.6) is 0 Å². The first-order valence-electron chi connectivity index (χ1n) is 8.70. The van der Waals surface area contributed by atoms with Crippen LogP contribution >= 0.6 is 0 Å². The maximum atomic E-state index is 5.92. The standard InChI is InChI=1S/C21H24N4/c1-21(2,12-22)13-23-19-15-9-5-7-11-17(15)25(3)20-18(19)14-8-4-6-10-16(14)24-20/h4-11,24H,12-13,22H2,1-3H3. The van der Waals surface area contributed by atoms with E-state index >= 15 is 0 Å². The van der Waals surface area contributed by atoms with Crippen LogP contribution in [-0.2, 0) is 7.05 Å². The summed E-state index contributed by atoms with van der Waals surface area (Å²) in [7, 11) is 2.10. The molecule has 0 aliphatic heterocycles. The van der Waals surface area contributed by atoms with E-state index in [2.05, 4.69) is 79.0 Å². The second kappa shape index (κ2) is 5.74. The zero-order chi connectivity index (χ0) is 17.6. The third-order valence-electron chi connectivity index (χ3n) is 5.00. The van der Waals surface area contributed by atoms with Crippen molar-refractivity contribution in [2.75, 3.05) is 13.1 Å². The summed E-state index contributed by atoms with van der Waals surface area (Å²) in [6.45, 7) is 5.64. The molecule has 4 rings (SSSR count). The van der Waals surface area contributed by atoms with Crippen LogP contribution in [0, 0.1) is 5.41 Å². The van der Waals surface area contributed by atoms with E-state index in [-0.39, 0.29) is 5.41 Å². The van der Waals surface area contributed by atoms with Crippen molar-refractivity contribution in [1.82, 2.24) is 9.55 Å². The Balaban J connectivity index is 2.20. The predicted molar refractivity (Wildman–Crippen MR) is 106 cm³/mol. The van der Waals surface area contributed by atoms with Gasteiger partial charge in [-0.1, -0.05) is 50.2 Å². The van der Waals surface area contributed by atoms with Crippen LogP contribution in [0.25, 0.3) is 32.8 Å². The average Bonchev–Trinajstić information content (AvgIpc) is 3.02. The van der Waals surface area contributed by atoms with Gasteiger partial charge in [0.05, 0.1) is 16.3 Å². The number of H-pyrrole nitrogens is 1. The summed E-state index contributed by atoms with van der Waals surface area (Å²) in [5.74, 6) is 0. The van der Waals surface area contributed by atoms with E-state index < -0.39 is 0 Å². The first-order valence-corrected chi connectivity index (χ1v) is 8.70. The second-order valence-electron chi connectivity index (χ2n) is 7.50. The molecule has 4 aromatic rings. The summed E-state index contributed by atoms with van der Waals surface area (Å²) < 4.78 is 2.22. The first kappa shape index (κ1) is 15.9. The van der Waals surface area contributed by atoms with E-state index in [0.29, 0.717) is 13.1 Å². The Morgan fingerprint density at radius 3 is 2.48 bits per heavy atom. The maximum absolute atomic E-state index is 5.92. The molecule has 3 N–H and O–H groups in total. The Morgan fingerprint density at radius 1 is 1.04 bits per heavy atom. The summed E-state index contributed by atoms with van der Waals surface area (Å²) in [4.78, 5) is 8.62. The Hall–Kier alpha value is -2.59. The third-order valence-corrected chi connectivity index (χ3v) is 5.00. The molecule has 0 aliphatic rings. The van der Waals surface area contributed by atoms with E-state index in [4.69, 9.17) is 10.7 Å². The summed E-state index contributed by atoms with van der Waals surface area (Å²) in [6, 6.07) is 16.9. The Morgan fingerprint density at radius 2 is 1.72 bits per heavy atom. The predicted octanol–water partition coefficient (Wildman–Crippen LogP) is 3.70. The van der Waals surface area contributed by atoms with Crippen LogP contribution in [0.2, 0.25) is 0 Å². The van der Waals surface area contributed by atoms with Crippen LogP contribution in [0.3, 0.4) is 0 Å². The number of benzene rings is 2. The van der Waals surface area contributed by atoms with Crippen LogP contribution < -0.4 is 11.1 Å². The van der Waals surface area contributed by atoms with Crippen molar-refractivity contribution in [3.8, 4) is 0 Å². The number of aryl methyl sites for hydroxylation is 1. The Labute approximate surface area is 147 Å². The number of rotatable bonds is 3. The number of nitrogens with one attached hydrogen (secondary N) is 1. The normalized spacial score (nSPS) is 13.4. The van der Waals surface area contributed by atoms with Gasteiger partial charge in [0, 0.05) is 29.9 Å². The largest absolute Gasteiger partial charge is 0.341 e. The molecular formula is C21H24N4. The van der Waals surface area contributed by atoms with Gasteiger partial charge in [-0.2, -0.15) is 0 Å². The lowest BCUT2D eigenvalue weighted by Gasteiger charge is -2.19. The van der Waals surface area contributed by atoms with Crippen molar-refractivity contribution in [2.45, 2.75) is 13.8 Å². The van der Waals surface area contributed by atoms with E-state index in [9.17, 15) is 0 Å². The van der Waals surface area contributed by atoms with Gasteiger partial charge >= 0.3 is 0 Å². The average molecular weight is 332 g/mol. The van der Waals surface area contributed by atoms with E-state index in [1.54, 1.807) is 0 Å². The monoisotopic (exact) mass is 332 g/mol. The quantitative estimate of drug-likeness (QED) is 0.590. The molecule has 0 aliphatic carbocycles.